The zero-order valence-electron chi connectivity index (χ0n) is 20.9. The van der Waals surface area contributed by atoms with Crippen LogP contribution in [0.15, 0.2) is 41.4 Å². The van der Waals surface area contributed by atoms with Crippen LogP contribution in [0.25, 0.3) is 0 Å². The number of rotatable bonds is 7. The van der Waals surface area contributed by atoms with Crippen LogP contribution in [0.4, 0.5) is 40.8 Å². The normalized spacial score (nSPS) is 21.6. The van der Waals surface area contributed by atoms with Gasteiger partial charge in [0.2, 0.25) is 10.0 Å². The molecule has 2 fully saturated rings. The highest BCUT2D eigenvalue weighted by molar-refractivity contribution is 7.89. The molecule has 2 aliphatic heterocycles. The Morgan fingerprint density at radius 1 is 1.02 bits per heavy atom. The van der Waals surface area contributed by atoms with Gasteiger partial charge in [-0.15, -0.1) is 0 Å². The Hall–Kier alpha value is -2.81. The van der Waals surface area contributed by atoms with Crippen LogP contribution in [0.1, 0.15) is 36.9 Å². The van der Waals surface area contributed by atoms with Gasteiger partial charge in [-0.05, 0) is 49.6 Å². The fourth-order valence-electron chi connectivity index (χ4n) is 5.03. The van der Waals surface area contributed by atoms with Crippen molar-refractivity contribution in [1.82, 2.24) is 9.29 Å². The summed E-state index contributed by atoms with van der Waals surface area (Å²) >= 11 is 0. The smallest absolute Gasteiger partial charge is 0.371 e. The van der Waals surface area contributed by atoms with Gasteiger partial charge in [0.15, 0.2) is 5.78 Å². The van der Waals surface area contributed by atoms with Crippen molar-refractivity contribution in [2.24, 2.45) is 5.92 Å². The number of Topliss-reactive ketones (excluding diaryl/α,β-unsaturated/α-hetero) is 1. The van der Waals surface area contributed by atoms with E-state index in [0.29, 0.717) is 10.5 Å². The number of ketones is 1. The van der Waals surface area contributed by atoms with Crippen molar-refractivity contribution in [2.75, 3.05) is 24.5 Å². The second kappa shape index (κ2) is 11.2. The Kier molecular flexibility index (Phi) is 8.46. The zero-order valence-corrected chi connectivity index (χ0v) is 21.7. The lowest BCUT2D eigenvalue weighted by atomic mass is 9.95. The maximum Gasteiger partial charge on any atom is 0.419 e. The van der Waals surface area contributed by atoms with Crippen LogP contribution < -0.4 is 4.90 Å². The summed E-state index contributed by atoms with van der Waals surface area (Å²) in [7, 11) is -4.35. The van der Waals surface area contributed by atoms with Crippen LogP contribution in [0.3, 0.4) is 0 Å². The third kappa shape index (κ3) is 6.56. The summed E-state index contributed by atoms with van der Waals surface area (Å²) in [6.07, 6.45) is -12.1. The molecule has 0 N–H and O–H groups in total. The van der Waals surface area contributed by atoms with E-state index in [0.717, 1.165) is 30.3 Å². The number of aryl methyl sites for hydroxylation is 1. The van der Waals surface area contributed by atoms with Gasteiger partial charge >= 0.3 is 12.4 Å². The number of hydrogen-bond acceptors (Lipinski definition) is 5. The number of hydrogen-bond donors (Lipinski definition) is 0. The molecule has 0 radical (unpaired) electrons. The Morgan fingerprint density at radius 3 is 2.23 bits per heavy atom. The van der Waals surface area contributed by atoms with Gasteiger partial charge in [0, 0.05) is 44.4 Å². The molecular formula is C25H25F8N3O3S. The Morgan fingerprint density at radius 2 is 1.65 bits per heavy atom. The molecule has 15 heteroatoms. The van der Waals surface area contributed by atoms with E-state index in [-0.39, 0.29) is 55.0 Å². The predicted molar refractivity (Wildman–Crippen MR) is 127 cm³/mol. The second-order valence-corrected chi connectivity index (χ2v) is 11.7. The predicted octanol–water partition coefficient (Wildman–Crippen LogP) is 5.32. The minimum absolute atomic E-state index is 0.0389. The highest BCUT2D eigenvalue weighted by Crippen LogP contribution is 2.40. The van der Waals surface area contributed by atoms with Crippen molar-refractivity contribution in [3.05, 3.63) is 53.6 Å². The van der Waals surface area contributed by atoms with Gasteiger partial charge in [0.05, 0.1) is 28.1 Å². The zero-order chi connectivity index (χ0) is 29.5. The Bertz CT molecular complexity index is 1320. The largest absolute Gasteiger partial charge is 0.419 e. The second-order valence-electron chi connectivity index (χ2n) is 9.84. The maximum absolute atomic E-state index is 14.3. The topological polar surface area (TPSA) is 70.6 Å². The minimum Gasteiger partial charge on any atom is -0.371 e. The van der Waals surface area contributed by atoms with E-state index in [2.05, 4.69) is 4.98 Å². The molecule has 6 nitrogen and oxygen atoms in total. The molecule has 0 unspecified atom stereocenters. The Balaban J connectivity index is 1.50. The fourth-order valence-corrected chi connectivity index (χ4v) is 6.67. The van der Waals surface area contributed by atoms with Gasteiger partial charge in [-0.1, -0.05) is 0 Å². The standard InChI is InChI=1S/C25H25F8N3O3S/c26-16-1-4-19(5-2-16)40(38,39)36-14-17(27)11-22(36)23(37)6-3-18-12-21(20(13-34-18)25(31,32)33)35-9-7-15(8-10-35)24(28,29)30/h1-2,4-5,12-13,15,17,22H,3,6-11,14H2/t17-,22+/m1/s1. The number of carbonyl (C=O) groups is 1. The average Bonchev–Trinajstić information content (AvgIpc) is 3.29. The molecule has 2 aliphatic rings. The first-order valence-corrected chi connectivity index (χ1v) is 13.8. The fraction of sp³-hybridized carbons (Fsp3) is 0.520. The third-order valence-corrected chi connectivity index (χ3v) is 9.06. The third-order valence-electron chi connectivity index (χ3n) is 7.17. The summed E-state index contributed by atoms with van der Waals surface area (Å²) in [5, 5.41) is 0. The van der Waals surface area contributed by atoms with E-state index in [1.54, 1.807) is 0 Å². The lowest BCUT2D eigenvalue weighted by Crippen LogP contribution is -2.40. The highest BCUT2D eigenvalue weighted by Gasteiger charge is 2.45. The van der Waals surface area contributed by atoms with Crippen LogP contribution >= 0.6 is 0 Å². The van der Waals surface area contributed by atoms with Gasteiger partial charge in [-0.2, -0.15) is 30.6 Å². The summed E-state index contributed by atoms with van der Waals surface area (Å²) in [5.74, 6) is -2.98. The Labute approximate surface area is 225 Å². The number of halogens is 8. The van der Waals surface area contributed by atoms with E-state index in [9.17, 15) is 48.3 Å². The van der Waals surface area contributed by atoms with Crippen LogP contribution in [-0.4, -0.2) is 61.5 Å². The first-order chi connectivity index (χ1) is 18.6. The van der Waals surface area contributed by atoms with E-state index in [1.807, 2.05) is 0 Å². The molecule has 40 heavy (non-hydrogen) atoms. The number of carbonyl (C=O) groups excluding carboxylic acids is 1. The van der Waals surface area contributed by atoms with E-state index < -0.39 is 70.6 Å². The number of pyridine rings is 1. The van der Waals surface area contributed by atoms with Crippen LogP contribution in [0.5, 0.6) is 0 Å². The summed E-state index contributed by atoms with van der Waals surface area (Å²) < 4.78 is 134. The lowest BCUT2D eigenvalue weighted by molar-refractivity contribution is -0.179. The molecule has 220 valence electrons. The average molecular weight is 600 g/mol. The molecule has 2 saturated heterocycles. The van der Waals surface area contributed by atoms with Gasteiger partial charge in [-0.3, -0.25) is 9.78 Å². The number of aromatic nitrogens is 1. The molecule has 4 rings (SSSR count). The number of piperidine rings is 1. The van der Waals surface area contributed by atoms with Crippen molar-refractivity contribution in [1.29, 1.82) is 0 Å². The van der Waals surface area contributed by atoms with Crippen LogP contribution in [-0.2, 0) is 27.4 Å². The van der Waals surface area contributed by atoms with Crippen molar-refractivity contribution in [3.8, 4) is 0 Å². The quantitative estimate of drug-likeness (QED) is 0.403. The highest BCUT2D eigenvalue weighted by atomic mass is 32.2. The summed E-state index contributed by atoms with van der Waals surface area (Å²) in [6, 6.07) is 3.49. The van der Waals surface area contributed by atoms with Gasteiger partial charge in [-0.25, -0.2) is 17.2 Å². The van der Waals surface area contributed by atoms with Gasteiger partial charge < -0.3 is 4.90 Å². The number of sulfonamides is 1. The number of benzene rings is 1. The van der Waals surface area contributed by atoms with Crippen molar-refractivity contribution < 1.29 is 48.3 Å². The van der Waals surface area contributed by atoms with E-state index in [4.69, 9.17) is 0 Å². The first kappa shape index (κ1) is 30.2. The number of alkyl halides is 7. The van der Waals surface area contributed by atoms with Crippen LogP contribution in [0, 0.1) is 11.7 Å². The SMILES string of the molecule is O=C(CCc1cc(N2CCC(C(F)(F)F)CC2)c(C(F)(F)F)cn1)[C@@H]1C[C@@H](F)CN1S(=O)(=O)c1ccc(F)cc1. The van der Waals surface area contributed by atoms with Gasteiger partial charge in [0.25, 0.3) is 0 Å². The molecule has 0 aliphatic carbocycles. The van der Waals surface area contributed by atoms with Gasteiger partial charge in [0.1, 0.15) is 12.0 Å². The molecule has 1 aromatic heterocycles. The molecule has 0 bridgehead atoms. The molecule has 2 atom stereocenters. The maximum atomic E-state index is 14.3. The van der Waals surface area contributed by atoms with Crippen LogP contribution in [0.2, 0.25) is 0 Å². The molecular weight excluding hydrogens is 574 g/mol. The molecule has 0 amide bonds. The lowest BCUT2D eigenvalue weighted by Gasteiger charge is -2.35. The molecule has 3 heterocycles. The molecule has 0 saturated carbocycles. The molecule has 0 spiro atoms. The van der Waals surface area contributed by atoms with Crippen molar-refractivity contribution in [2.45, 2.75) is 61.6 Å². The van der Waals surface area contributed by atoms with E-state index in [1.165, 1.54) is 4.90 Å². The number of anilines is 1. The minimum atomic E-state index is -4.83. The van der Waals surface area contributed by atoms with Crippen molar-refractivity contribution in [3.63, 3.8) is 0 Å². The van der Waals surface area contributed by atoms with E-state index >= 15 is 0 Å². The molecule has 2 aromatic rings. The summed E-state index contributed by atoms with van der Waals surface area (Å²) in [5.41, 5.74) is -1.44. The van der Waals surface area contributed by atoms with Crippen molar-refractivity contribution >= 4 is 21.5 Å². The number of nitrogens with zero attached hydrogens (tertiary/aromatic N) is 3. The summed E-state index contributed by atoms with van der Waals surface area (Å²) in [6.45, 7) is -1.11. The first-order valence-electron chi connectivity index (χ1n) is 12.4. The summed E-state index contributed by atoms with van der Waals surface area (Å²) in [4.78, 5) is 17.6. The monoisotopic (exact) mass is 599 g/mol. The molecule has 1 aromatic carbocycles.